The summed E-state index contributed by atoms with van der Waals surface area (Å²) in [5.41, 5.74) is 0.386. The van der Waals surface area contributed by atoms with Crippen molar-refractivity contribution in [3.63, 3.8) is 0 Å². The zero-order valence-electron chi connectivity index (χ0n) is 9.97. The fourth-order valence-corrected chi connectivity index (χ4v) is 1.18. The Morgan fingerprint density at radius 3 is 2.53 bits per heavy atom. The van der Waals surface area contributed by atoms with Crippen LogP contribution in [0.2, 0.25) is 0 Å². The number of methoxy groups -OCH3 is 2. The second-order valence-electron chi connectivity index (χ2n) is 3.33. The zero-order valence-corrected chi connectivity index (χ0v) is 9.97. The van der Waals surface area contributed by atoms with Gasteiger partial charge in [0.25, 0.3) is 5.91 Å². The number of nitrogens with zero attached hydrogens (tertiary/aromatic N) is 2. The van der Waals surface area contributed by atoms with Crippen LogP contribution in [0.15, 0.2) is 18.3 Å². The predicted octanol–water partition coefficient (Wildman–Crippen LogP) is 0.335. The molecule has 6 heteroatoms. The molecule has 0 aliphatic heterocycles. The average molecular weight is 238 g/mol. The van der Waals surface area contributed by atoms with Crippen molar-refractivity contribution in [1.29, 1.82) is 0 Å². The molecule has 0 aliphatic rings. The number of aromatic nitrogens is 1. The second-order valence-corrected chi connectivity index (χ2v) is 3.33. The first-order valence-electron chi connectivity index (χ1n) is 4.90. The molecule has 1 rings (SSSR count). The molecule has 0 radical (unpaired) electrons. The van der Waals surface area contributed by atoms with Gasteiger partial charge in [-0.3, -0.25) is 9.59 Å². The monoisotopic (exact) mass is 238 g/mol. The van der Waals surface area contributed by atoms with E-state index in [0.29, 0.717) is 11.4 Å². The molecule has 1 amide bonds. The lowest BCUT2D eigenvalue weighted by molar-refractivity contribution is -0.141. The van der Waals surface area contributed by atoms with Gasteiger partial charge in [-0.1, -0.05) is 0 Å². The molecule has 0 spiro atoms. The molecule has 0 bridgehead atoms. The number of amides is 1. The van der Waals surface area contributed by atoms with Crippen molar-refractivity contribution in [3.05, 3.63) is 23.9 Å². The summed E-state index contributed by atoms with van der Waals surface area (Å²) in [6.07, 6.45) is 1.40. The normalized spacial score (nSPS) is 9.59. The van der Waals surface area contributed by atoms with Crippen LogP contribution < -0.4 is 4.74 Å². The molecule has 92 valence electrons. The van der Waals surface area contributed by atoms with Crippen LogP contribution in [0.4, 0.5) is 0 Å². The molecule has 17 heavy (non-hydrogen) atoms. The third-order valence-corrected chi connectivity index (χ3v) is 2.13. The Bertz CT molecular complexity index is 402. The van der Waals surface area contributed by atoms with Crippen LogP contribution in [0.25, 0.3) is 0 Å². The van der Waals surface area contributed by atoms with Crippen molar-refractivity contribution in [2.75, 3.05) is 27.8 Å². The van der Waals surface area contributed by atoms with Crippen LogP contribution in [-0.4, -0.2) is 49.6 Å². The van der Waals surface area contributed by atoms with Crippen LogP contribution in [0.3, 0.4) is 0 Å². The lowest BCUT2D eigenvalue weighted by Crippen LogP contribution is -2.32. The minimum Gasteiger partial charge on any atom is -0.481 e. The number of likely N-dealkylation sites (N-methyl/N-ethyl adjacent to an activating group) is 1. The summed E-state index contributed by atoms with van der Waals surface area (Å²) in [5, 5.41) is 0. The molecule has 6 nitrogen and oxygen atoms in total. The number of hydrogen-bond acceptors (Lipinski definition) is 5. The summed E-state index contributed by atoms with van der Waals surface area (Å²) in [6, 6.07) is 3.17. The van der Waals surface area contributed by atoms with Crippen molar-refractivity contribution in [2.45, 2.75) is 0 Å². The zero-order chi connectivity index (χ0) is 12.8. The first-order chi connectivity index (χ1) is 8.08. The summed E-state index contributed by atoms with van der Waals surface area (Å²) in [4.78, 5) is 28.0. The molecule has 1 aromatic rings. The van der Waals surface area contributed by atoms with Gasteiger partial charge in [-0.05, 0) is 6.07 Å². The minimum atomic E-state index is -0.470. The first kappa shape index (κ1) is 13.0. The van der Waals surface area contributed by atoms with Crippen molar-refractivity contribution < 1.29 is 19.1 Å². The number of hydrogen-bond donors (Lipinski definition) is 0. The highest BCUT2D eigenvalue weighted by molar-refractivity contribution is 5.95. The number of pyridine rings is 1. The molecule has 1 aromatic heterocycles. The van der Waals surface area contributed by atoms with E-state index in [1.807, 2.05) is 0 Å². The average Bonchev–Trinajstić information content (AvgIpc) is 2.37. The Kier molecular flexibility index (Phi) is 4.45. The number of esters is 1. The molecule has 0 saturated carbocycles. The Hall–Kier alpha value is -2.11. The van der Waals surface area contributed by atoms with Crippen LogP contribution in [0.5, 0.6) is 5.88 Å². The van der Waals surface area contributed by atoms with E-state index in [1.165, 1.54) is 32.4 Å². The van der Waals surface area contributed by atoms with E-state index >= 15 is 0 Å². The lowest BCUT2D eigenvalue weighted by Gasteiger charge is -2.15. The van der Waals surface area contributed by atoms with E-state index in [1.54, 1.807) is 12.1 Å². The molecule has 0 unspecified atom stereocenters. The largest absolute Gasteiger partial charge is 0.481 e. The van der Waals surface area contributed by atoms with Gasteiger partial charge in [-0.25, -0.2) is 4.98 Å². The van der Waals surface area contributed by atoms with E-state index in [0.717, 1.165) is 0 Å². The maximum Gasteiger partial charge on any atom is 0.325 e. The van der Waals surface area contributed by atoms with Gasteiger partial charge in [0.05, 0.1) is 19.8 Å². The molecule has 0 aliphatic carbocycles. The standard InChI is InChI=1S/C11H14N2O4/c1-13(7-10(14)17-3)11(15)8-4-5-9(16-2)12-6-8/h4-6H,7H2,1-3H3. The summed E-state index contributed by atoms with van der Waals surface area (Å²) in [6.45, 7) is -0.0959. The highest BCUT2D eigenvalue weighted by atomic mass is 16.5. The van der Waals surface area contributed by atoms with Crippen LogP contribution in [0.1, 0.15) is 10.4 Å². The van der Waals surface area contributed by atoms with Crippen molar-refractivity contribution >= 4 is 11.9 Å². The Morgan fingerprint density at radius 2 is 2.06 bits per heavy atom. The van der Waals surface area contributed by atoms with Crippen LogP contribution in [0, 0.1) is 0 Å². The highest BCUT2D eigenvalue weighted by Crippen LogP contribution is 2.08. The van der Waals surface area contributed by atoms with Gasteiger partial charge in [0.15, 0.2) is 0 Å². The number of carbonyl (C=O) groups is 2. The van der Waals surface area contributed by atoms with Gasteiger partial charge in [0, 0.05) is 19.3 Å². The van der Waals surface area contributed by atoms with Crippen molar-refractivity contribution in [2.24, 2.45) is 0 Å². The highest BCUT2D eigenvalue weighted by Gasteiger charge is 2.15. The number of carbonyl (C=O) groups excluding carboxylic acids is 2. The van der Waals surface area contributed by atoms with Gasteiger partial charge < -0.3 is 14.4 Å². The van der Waals surface area contributed by atoms with Gasteiger partial charge in [-0.15, -0.1) is 0 Å². The van der Waals surface area contributed by atoms with Gasteiger partial charge in [-0.2, -0.15) is 0 Å². The van der Waals surface area contributed by atoms with Gasteiger partial charge >= 0.3 is 5.97 Å². The molecular formula is C11H14N2O4. The van der Waals surface area contributed by atoms with Crippen LogP contribution >= 0.6 is 0 Å². The summed E-state index contributed by atoms with van der Waals surface area (Å²) < 4.78 is 9.36. The van der Waals surface area contributed by atoms with E-state index in [4.69, 9.17) is 4.74 Å². The van der Waals surface area contributed by atoms with E-state index in [2.05, 4.69) is 9.72 Å². The molecule has 0 atom stereocenters. The summed E-state index contributed by atoms with van der Waals surface area (Å²) in [5.74, 6) is -0.343. The first-order valence-corrected chi connectivity index (χ1v) is 4.90. The predicted molar refractivity (Wildman–Crippen MR) is 59.8 cm³/mol. The Labute approximate surface area is 99.2 Å². The maximum atomic E-state index is 11.8. The summed E-state index contributed by atoms with van der Waals surface area (Å²) >= 11 is 0. The fraction of sp³-hybridized carbons (Fsp3) is 0.364. The SMILES string of the molecule is COC(=O)CN(C)C(=O)c1ccc(OC)nc1. The van der Waals surface area contributed by atoms with E-state index in [9.17, 15) is 9.59 Å². The molecule has 0 aromatic carbocycles. The third kappa shape index (κ3) is 3.44. The fourth-order valence-electron chi connectivity index (χ4n) is 1.18. The molecule has 1 heterocycles. The van der Waals surface area contributed by atoms with Gasteiger partial charge in [0.2, 0.25) is 5.88 Å². The topological polar surface area (TPSA) is 68.7 Å². The van der Waals surface area contributed by atoms with Crippen LogP contribution in [-0.2, 0) is 9.53 Å². The van der Waals surface area contributed by atoms with Crippen molar-refractivity contribution in [1.82, 2.24) is 9.88 Å². The third-order valence-electron chi connectivity index (χ3n) is 2.13. The Balaban J connectivity index is 2.71. The smallest absolute Gasteiger partial charge is 0.325 e. The minimum absolute atomic E-state index is 0.0959. The second kappa shape index (κ2) is 5.83. The lowest BCUT2D eigenvalue weighted by atomic mass is 10.2. The molecule has 0 saturated heterocycles. The Morgan fingerprint density at radius 1 is 1.35 bits per heavy atom. The molecular weight excluding hydrogens is 224 g/mol. The van der Waals surface area contributed by atoms with E-state index < -0.39 is 5.97 Å². The van der Waals surface area contributed by atoms with Crippen molar-refractivity contribution in [3.8, 4) is 5.88 Å². The number of rotatable bonds is 4. The maximum absolute atomic E-state index is 11.8. The molecule has 0 N–H and O–H groups in total. The molecule has 0 fully saturated rings. The number of ether oxygens (including phenoxy) is 2. The van der Waals surface area contributed by atoms with E-state index in [-0.39, 0.29) is 12.5 Å². The quantitative estimate of drug-likeness (QED) is 0.707. The summed E-state index contributed by atoms with van der Waals surface area (Å²) in [7, 11) is 4.28. The van der Waals surface area contributed by atoms with Gasteiger partial charge in [0.1, 0.15) is 6.54 Å².